The summed E-state index contributed by atoms with van der Waals surface area (Å²) in [6.07, 6.45) is 5.20. The molecular formula is C17H28N6O2. The molecule has 0 aliphatic carbocycles. The Morgan fingerprint density at radius 2 is 2.12 bits per heavy atom. The Hall–Kier alpha value is -2.09. The van der Waals surface area contributed by atoms with E-state index >= 15 is 0 Å². The molecule has 0 amide bonds. The minimum atomic E-state index is -0.191. The molecule has 4 N–H and O–H groups in total. The lowest BCUT2D eigenvalue weighted by Crippen LogP contribution is -2.29. The molecule has 1 fully saturated rings. The number of aromatic nitrogens is 4. The highest BCUT2D eigenvalue weighted by atomic mass is 16.5. The number of nitrogen functional groups attached to an aromatic ring is 1. The molecule has 1 atom stereocenters. The van der Waals surface area contributed by atoms with Gasteiger partial charge in [0.15, 0.2) is 11.5 Å². The summed E-state index contributed by atoms with van der Waals surface area (Å²) in [5.74, 6) is 0.888. The largest absolute Gasteiger partial charge is 0.460 e. The van der Waals surface area contributed by atoms with E-state index in [0.717, 1.165) is 45.2 Å². The van der Waals surface area contributed by atoms with Crippen LogP contribution in [0.3, 0.4) is 0 Å². The van der Waals surface area contributed by atoms with Crippen LogP contribution in [0, 0.1) is 5.92 Å². The fraction of sp³-hybridized carbons (Fsp3) is 0.706. The van der Waals surface area contributed by atoms with Crippen LogP contribution in [0.15, 0.2) is 4.79 Å². The Kier molecular flexibility index (Phi) is 5.57. The van der Waals surface area contributed by atoms with Crippen molar-refractivity contribution in [1.29, 1.82) is 0 Å². The number of ether oxygens (including phenoxy) is 1. The van der Waals surface area contributed by atoms with Crippen molar-refractivity contribution in [2.24, 2.45) is 5.92 Å². The summed E-state index contributed by atoms with van der Waals surface area (Å²) in [5, 5.41) is 3.36. The molecule has 0 aromatic carbocycles. The van der Waals surface area contributed by atoms with Crippen molar-refractivity contribution in [3.05, 3.63) is 10.5 Å². The lowest BCUT2D eigenvalue weighted by molar-refractivity contribution is 0.193. The number of rotatable bonds is 7. The summed E-state index contributed by atoms with van der Waals surface area (Å²) in [5.41, 5.74) is 6.84. The number of anilines is 1. The van der Waals surface area contributed by atoms with Crippen molar-refractivity contribution in [3.8, 4) is 6.01 Å². The molecule has 1 unspecified atom stereocenters. The van der Waals surface area contributed by atoms with Crippen LogP contribution < -0.4 is 21.5 Å². The Morgan fingerprint density at radius 3 is 2.84 bits per heavy atom. The Balaban J connectivity index is 1.82. The molecule has 25 heavy (non-hydrogen) atoms. The first-order valence-corrected chi connectivity index (χ1v) is 9.22. The van der Waals surface area contributed by atoms with Gasteiger partial charge in [-0.25, -0.2) is 4.79 Å². The molecule has 0 saturated carbocycles. The van der Waals surface area contributed by atoms with Gasteiger partial charge in [-0.1, -0.05) is 13.3 Å². The minimum Gasteiger partial charge on any atom is -0.460 e. The number of H-pyrrole nitrogens is 1. The van der Waals surface area contributed by atoms with Crippen LogP contribution in [0.4, 0.5) is 5.82 Å². The first-order valence-electron chi connectivity index (χ1n) is 9.22. The van der Waals surface area contributed by atoms with Gasteiger partial charge in [0.1, 0.15) is 5.52 Å². The van der Waals surface area contributed by atoms with Gasteiger partial charge in [0.05, 0.1) is 6.10 Å². The number of nitrogens with one attached hydrogen (secondary N) is 2. The normalized spacial score (nSPS) is 17.0. The van der Waals surface area contributed by atoms with E-state index in [2.05, 4.69) is 27.2 Å². The van der Waals surface area contributed by atoms with Crippen molar-refractivity contribution >= 4 is 17.0 Å². The van der Waals surface area contributed by atoms with Gasteiger partial charge >= 0.3 is 11.7 Å². The summed E-state index contributed by atoms with van der Waals surface area (Å²) < 4.78 is 7.42. The second-order valence-electron chi connectivity index (χ2n) is 6.87. The van der Waals surface area contributed by atoms with Gasteiger partial charge in [-0.2, -0.15) is 9.97 Å². The molecule has 3 rings (SSSR count). The zero-order valence-electron chi connectivity index (χ0n) is 15.0. The maximum Gasteiger partial charge on any atom is 0.327 e. The van der Waals surface area contributed by atoms with E-state index in [4.69, 9.17) is 10.5 Å². The minimum absolute atomic E-state index is 0.00991. The molecule has 1 aliphatic rings. The van der Waals surface area contributed by atoms with Crippen molar-refractivity contribution < 1.29 is 4.74 Å². The smallest absolute Gasteiger partial charge is 0.327 e. The topological polar surface area (TPSA) is 111 Å². The van der Waals surface area contributed by atoms with Gasteiger partial charge in [-0.3, -0.25) is 4.57 Å². The monoisotopic (exact) mass is 348 g/mol. The highest BCUT2D eigenvalue weighted by Gasteiger charge is 2.18. The van der Waals surface area contributed by atoms with Crippen LogP contribution >= 0.6 is 0 Å². The molecular weight excluding hydrogens is 320 g/mol. The number of hydrogen-bond donors (Lipinski definition) is 3. The molecule has 0 radical (unpaired) electrons. The van der Waals surface area contributed by atoms with Crippen LogP contribution in [0.2, 0.25) is 0 Å². The first-order chi connectivity index (χ1) is 12.1. The van der Waals surface area contributed by atoms with E-state index in [-0.39, 0.29) is 23.6 Å². The van der Waals surface area contributed by atoms with Gasteiger partial charge in [-0.05, 0) is 51.6 Å². The van der Waals surface area contributed by atoms with E-state index in [1.165, 1.54) is 0 Å². The van der Waals surface area contributed by atoms with Crippen molar-refractivity contribution in [2.75, 3.05) is 18.8 Å². The molecule has 0 bridgehead atoms. The van der Waals surface area contributed by atoms with Crippen LogP contribution in [-0.2, 0) is 6.54 Å². The molecule has 3 heterocycles. The van der Waals surface area contributed by atoms with Crippen molar-refractivity contribution in [1.82, 2.24) is 24.8 Å². The molecule has 2 aromatic rings. The van der Waals surface area contributed by atoms with Crippen LogP contribution in [0.1, 0.15) is 46.0 Å². The fourth-order valence-electron chi connectivity index (χ4n) is 3.42. The van der Waals surface area contributed by atoms with E-state index in [9.17, 15) is 4.79 Å². The Labute approximate surface area is 147 Å². The zero-order valence-corrected chi connectivity index (χ0v) is 15.0. The van der Waals surface area contributed by atoms with Crippen LogP contribution in [0.5, 0.6) is 6.01 Å². The molecule has 8 nitrogen and oxygen atoms in total. The first kappa shape index (κ1) is 17.7. The maximum absolute atomic E-state index is 12.3. The van der Waals surface area contributed by atoms with E-state index in [1.807, 2.05) is 6.92 Å². The Bertz CT molecular complexity index is 762. The summed E-state index contributed by atoms with van der Waals surface area (Å²) in [6.45, 7) is 6.81. The Morgan fingerprint density at radius 1 is 1.36 bits per heavy atom. The van der Waals surface area contributed by atoms with Crippen molar-refractivity contribution in [3.63, 3.8) is 0 Å². The second-order valence-corrected chi connectivity index (χ2v) is 6.87. The summed E-state index contributed by atoms with van der Waals surface area (Å²) >= 11 is 0. The number of nitrogens with zero attached hydrogens (tertiary/aromatic N) is 3. The van der Waals surface area contributed by atoms with Crippen LogP contribution in [0.25, 0.3) is 11.2 Å². The van der Waals surface area contributed by atoms with Crippen LogP contribution in [-0.4, -0.2) is 38.7 Å². The van der Waals surface area contributed by atoms with Gasteiger partial charge in [0.25, 0.3) is 0 Å². The number of fused-ring (bicyclic) bond motifs is 1. The fourth-order valence-corrected chi connectivity index (χ4v) is 3.42. The molecule has 8 heteroatoms. The summed E-state index contributed by atoms with van der Waals surface area (Å²) in [4.78, 5) is 23.7. The quantitative estimate of drug-likeness (QED) is 0.702. The lowest BCUT2D eigenvalue weighted by atomic mass is 9.95. The number of hydrogen-bond acceptors (Lipinski definition) is 6. The predicted molar refractivity (Wildman–Crippen MR) is 97.8 cm³/mol. The summed E-state index contributed by atoms with van der Waals surface area (Å²) in [7, 11) is 0. The van der Waals surface area contributed by atoms with E-state index < -0.39 is 0 Å². The number of imidazole rings is 1. The third-order valence-electron chi connectivity index (χ3n) is 4.85. The van der Waals surface area contributed by atoms with E-state index in [1.54, 1.807) is 4.57 Å². The number of aromatic amines is 1. The number of aryl methyl sites for hydroxylation is 1. The van der Waals surface area contributed by atoms with Gasteiger partial charge < -0.3 is 20.8 Å². The second kappa shape index (κ2) is 7.86. The number of nitrogens with two attached hydrogens (primary N) is 1. The summed E-state index contributed by atoms with van der Waals surface area (Å²) in [6, 6.07) is 0.237. The average Bonchev–Trinajstić information content (AvgIpc) is 2.90. The maximum atomic E-state index is 12.3. The molecule has 2 aromatic heterocycles. The van der Waals surface area contributed by atoms with E-state index in [0.29, 0.717) is 23.6 Å². The molecule has 0 spiro atoms. The predicted octanol–water partition coefficient (Wildman–Crippen LogP) is 1.66. The third kappa shape index (κ3) is 4.12. The molecule has 138 valence electrons. The van der Waals surface area contributed by atoms with Gasteiger partial charge in [0, 0.05) is 6.54 Å². The zero-order chi connectivity index (χ0) is 17.8. The third-order valence-corrected chi connectivity index (χ3v) is 4.85. The SMILES string of the molecule is CCCC(C)Oc1nc(N)c2[nH]c(=O)n(CCC3CCNCC3)c2n1. The molecule has 1 aliphatic heterocycles. The molecule has 1 saturated heterocycles. The highest BCUT2D eigenvalue weighted by molar-refractivity contribution is 5.81. The lowest BCUT2D eigenvalue weighted by Gasteiger charge is -2.22. The highest BCUT2D eigenvalue weighted by Crippen LogP contribution is 2.21. The van der Waals surface area contributed by atoms with Crippen molar-refractivity contribution in [2.45, 2.75) is 58.6 Å². The number of piperidine rings is 1. The standard InChI is InChI=1S/C17H28N6O2/c1-3-4-11(2)25-16-21-14(18)13-15(22-16)23(17(24)20-13)10-7-12-5-8-19-9-6-12/h11-12,19H,3-10H2,1-2H3,(H,20,24)(H2,18,21,22). The van der Waals surface area contributed by atoms with Gasteiger partial charge in [0.2, 0.25) is 0 Å². The average molecular weight is 348 g/mol. The van der Waals surface area contributed by atoms with Gasteiger partial charge in [-0.15, -0.1) is 0 Å².